The molecule has 1 amide bonds. The van der Waals surface area contributed by atoms with Crippen molar-refractivity contribution >= 4 is 21.8 Å². The quantitative estimate of drug-likeness (QED) is 0.833. The van der Waals surface area contributed by atoms with E-state index in [1.54, 1.807) is 0 Å². The Hall–Kier alpha value is -1.04. The Kier molecular flexibility index (Phi) is 3.15. The first kappa shape index (κ1) is 11.0. The molecule has 0 aliphatic rings. The Morgan fingerprint density at radius 1 is 1.64 bits per heavy atom. The SMILES string of the molecule is Cc1cc(C(F)F)nc(Br)c1C(N)=O. The summed E-state index contributed by atoms with van der Waals surface area (Å²) in [4.78, 5) is 14.4. The molecule has 0 spiro atoms. The third kappa shape index (κ3) is 2.06. The van der Waals surface area contributed by atoms with Crippen molar-refractivity contribution in [1.29, 1.82) is 0 Å². The second-order valence-electron chi connectivity index (χ2n) is 2.69. The molecule has 0 saturated carbocycles. The molecule has 0 aromatic carbocycles. The summed E-state index contributed by atoms with van der Waals surface area (Å²) >= 11 is 2.92. The average Bonchev–Trinajstić information content (AvgIpc) is 2.01. The van der Waals surface area contributed by atoms with E-state index < -0.39 is 12.3 Å². The van der Waals surface area contributed by atoms with Gasteiger partial charge in [0.25, 0.3) is 12.3 Å². The molecule has 2 N–H and O–H groups in total. The average molecular weight is 265 g/mol. The first-order chi connectivity index (χ1) is 6.43. The van der Waals surface area contributed by atoms with Crippen LogP contribution in [0.1, 0.15) is 28.0 Å². The van der Waals surface area contributed by atoms with Crippen LogP contribution in [0, 0.1) is 6.92 Å². The minimum atomic E-state index is -2.66. The van der Waals surface area contributed by atoms with Gasteiger partial charge in [-0.3, -0.25) is 4.79 Å². The molecule has 0 atom stereocenters. The van der Waals surface area contributed by atoms with Gasteiger partial charge in [0.15, 0.2) is 0 Å². The number of aromatic nitrogens is 1. The second-order valence-corrected chi connectivity index (χ2v) is 3.45. The highest BCUT2D eigenvalue weighted by Crippen LogP contribution is 2.24. The summed E-state index contributed by atoms with van der Waals surface area (Å²) in [6, 6.07) is 1.15. The highest BCUT2D eigenvalue weighted by Gasteiger charge is 2.16. The molecule has 1 aromatic rings. The number of primary amides is 1. The molecule has 0 bridgehead atoms. The molecule has 1 rings (SSSR count). The van der Waals surface area contributed by atoms with Crippen molar-refractivity contribution in [3.63, 3.8) is 0 Å². The van der Waals surface area contributed by atoms with E-state index in [0.29, 0.717) is 5.56 Å². The molecule has 1 aromatic heterocycles. The zero-order valence-electron chi connectivity index (χ0n) is 7.22. The predicted octanol–water partition coefficient (Wildman–Crippen LogP) is 2.19. The van der Waals surface area contributed by atoms with E-state index in [-0.39, 0.29) is 15.9 Å². The minimum Gasteiger partial charge on any atom is -0.366 e. The van der Waals surface area contributed by atoms with E-state index in [1.165, 1.54) is 6.92 Å². The molecule has 0 radical (unpaired) electrons. The van der Waals surface area contributed by atoms with Gasteiger partial charge in [-0.2, -0.15) is 0 Å². The van der Waals surface area contributed by atoms with Crippen LogP contribution in [0.2, 0.25) is 0 Å². The third-order valence-electron chi connectivity index (χ3n) is 1.66. The van der Waals surface area contributed by atoms with Gasteiger partial charge in [-0.05, 0) is 34.5 Å². The van der Waals surface area contributed by atoms with Crippen molar-refractivity contribution in [2.45, 2.75) is 13.3 Å². The maximum atomic E-state index is 12.3. The number of halogens is 3. The van der Waals surface area contributed by atoms with E-state index in [2.05, 4.69) is 20.9 Å². The largest absolute Gasteiger partial charge is 0.366 e. The summed E-state index contributed by atoms with van der Waals surface area (Å²) in [5.41, 5.74) is 5.19. The third-order valence-corrected chi connectivity index (χ3v) is 2.24. The molecule has 0 aliphatic heterocycles. The molecule has 0 fully saturated rings. The fourth-order valence-corrected chi connectivity index (χ4v) is 1.78. The zero-order chi connectivity index (χ0) is 10.9. The van der Waals surface area contributed by atoms with Crippen LogP contribution in [0.3, 0.4) is 0 Å². The van der Waals surface area contributed by atoms with E-state index in [9.17, 15) is 13.6 Å². The van der Waals surface area contributed by atoms with Gasteiger partial charge in [0.1, 0.15) is 10.3 Å². The van der Waals surface area contributed by atoms with Crippen LogP contribution in [-0.4, -0.2) is 10.9 Å². The van der Waals surface area contributed by atoms with Crippen molar-refractivity contribution in [2.75, 3.05) is 0 Å². The number of pyridine rings is 1. The Balaban J connectivity index is 3.32. The molecule has 1 heterocycles. The summed E-state index contributed by atoms with van der Waals surface area (Å²) in [5, 5.41) is 0. The van der Waals surface area contributed by atoms with Crippen molar-refractivity contribution in [2.24, 2.45) is 5.73 Å². The summed E-state index contributed by atoms with van der Waals surface area (Å²) in [5.74, 6) is -0.692. The minimum absolute atomic E-state index is 0.0558. The number of alkyl halides is 2. The number of aryl methyl sites for hydroxylation is 1. The number of carbonyl (C=O) groups excluding carboxylic acids is 1. The van der Waals surface area contributed by atoms with E-state index in [4.69, 9.17) is 5.73 Å². The number of hydrogen-bond acceptors (Lipinski definition) is 2. The first-order valence-corrected chi connectivity index (χ1v) is 4.47. The van der Waals surface area contributed by atoms with Crippen LogP contribution < -0.4 is 5.73 Å². The van der Waals surface area contributed by atoms with E-state index in [0.717, 1.165) is 6.07 Å². The number of rotatable bonds is 2. The molecular weight excluding hydrogens is 258 g/mol. The van der Waals surface area contributed by atoms with Crippen LogP contribution >= 0.6 is 15.9 Å². The van der Waals surface area contributed by atoms with Crippen molar-refractivity contribution < 1.29 is 13.6 Å². The number of amides is 1. The van der Waals surface area contributed by atoms with Gasteiger partial charge in [0.05, 0.1) is 5.56 Å². The van der Waals surface area contributed by atoms with Crippen molar-refractivity contribution in [1.82, 2.24) is 4.98 Å². The van der Waals surface area contributed by atoms with Crippen molar-refractivity contribution in [3.05, 3.63) is 27.5 Å². The standard InChI is InChI=1S/C8H7BrF2N2O/c1-3-2-4(7(10)11)13-6(9)5(3)8(12)14/h2,7H,1H3,(H2,12,14). The van der Waals surface area contributed by atoms with Gasteiger partial charge in [-0.1, -0.05) is 0 Å². The smallest absolute Gasteiger partial charge is 0.280 e. The molecule has 0 aliphatic carbocycles. The normalized spacial score (nSPS) is 10.6. The molecule has 0 saturated heterocycles. The maximum Gasteiger partial charge on any atom is 0.280 e. The molecule has 3 nitrogen and oxygen atoms in total. The molecule has 6 heteroatoms. The fourth-order valence-electron chi connectivity index (χ4n) is 1.07. The molecule has 0 unspecified atom stereocenters. The molecule has 14 heavy (non-hydrogen) atoms. The molecular formula is C8H7BrF2N2O. The van der Waals surface area contributed by atoms with Crippen LogP contribution in [0.15, 0.2) is 10.7 Å². The van der Waals surface area contributed by atoms with E-state index >= 15 is 0 Å². The number of nitrogens with zero attached hydrogens (tertiary/aromatic N) is 1. The summed E-state index contributed by atoms with van der Waals surface area (Å²) < 4.78 is 24.6. The van der Waals surface area contributed by atoms with Crippen LogP contribution in [-0.2, 0) is 0 Å². The van der Waals surface area contributed by atoms with Gasteiger partial charge in [-0.15, -0.1) is 0 Å². The van der Waals surface area contributed by atoms with E-state index in [1.807, 2.05) is 0 Å². The monoisotopic (exact) mass is 264 g/mol. The first-order valence-electron chi connectivity index (χ1n) is 3.68. The number of hydrogen-bond donors (Lipinski definition) is 1. The topological polar surface area (TPSA) is 56.0 Å². The highest BCUT2D eigenvalue weighted by atomic mass is 79.9. The Morgan fingerprint density at radius 2 is 2.21 bits per heavy atom. The molecule has 76 valence electrons. The summed E-state index contributed by atoms with van der Waals surface area (Å²) in [7, 11) is 0. The number of carbonyl (C=O) groups is 1. The Morgan fingerprint density at radius 3 is 2.57 bits per heavy atom. The lowest BCUT2D eigenvalue weighted by atomic mass is 10.1. The predicted molar refractivity (Wildman–Crippen MR) is 50.1 cm³/mol. The number of nitrogens with two attached hydrogens (primary N) is 1. The summed E-state index contributed by atoms with van der Waals surface area (Å²) in [6.45, 7) is 1.53. The van der Waals surface area contributed by atoms with Gasteiger partial charge >= 0.3 is 0 Å². The lowest BCUT2D eigenvalue weighted by molar-refractivity contribution is 0.0997. The van der Waals surface area contributed by atoms with Crippen LogP contribution in [0.25, 0.3) is 0 Å². The Labute approximate surface area is 87.4 Å². The lowest BCUT2D eigenvalue weighted by Gasteiger charge is -2.06. The van der Waals surface area contributed by atoms with Crippen molar-refractivity contribution in [3.8, 4) is 0 Å². The second kappa shape index (κ2) is 4.00. The lowest BCUT2D eigenvalue weighted by Crippen LogP contribution is -2.15. The van der Waals surface area contributed by atoms with Crippen LogP contribution in [0.4, 0.5) is 8.78 Å². The van der Waals surface area contributed by atoms with Gasteiger partial charge in [0, 0.05) is 0 Å². The van der Waals surface area contributed by atoms with Gasteiger partial charge < -0.3 is 5.73 Å². The van der Waals surface area contributed by atoms with Crippen LogP contribution in [0.5, 0.6) is 0 Å². The maximum absolute atomic E-state index is 12.3. The Bertz CT molecular complexity index is 359. The van der Waals surface area contributed by atoms with Gasteiger partial charge in [0.2, 0.25) is 0 Å². The van der Waals surface area contributed by atoms with Gasteiger partial charge in [-0.25, -0.2) is 13.8 Å². The zero-order valence-corrected chi connectivity index (χ0v) is 8.81. The summed E-state index contributed by atoms with van der Waals surface area (Å²) in [6.07, 6.45) is -2.66. The highest BCUT2D eigenvalue weighted by molar-refractivity contribution is 9.10. The fraction of sp³-hybridized carbons (Fsp3) is 0.250.